The molecular formula is C25H27Cl2N3O3. The molecule has 0 saturated carbocycles. The van der Waals surface area contributed by atoms with Gasteiger partial charge in [0.05, 0.1) is 28.2 Å². The van der Waals surface area contributed by atoms with Crippen LogP contribution >= 0.6 is 23.2 Å². The van der Waals surface area contributed by atoms with Crippen LogP contribution in [0.5, 0.6) is 5.75 Å². The molecule has 3 aromatic rings. The molecule has 2 aromatic carbocycles. The summed E-state index contributed by atoms with van der Waals surface area (Å²) in [5, 5.41) is 1.47. The van der Waals surface area contributed by atoms with E-state index in [4.69, 9.17) is 27.9 Å². The van der Waals surface area contributed by atoms with Crippen LogP contribution < -0.4 is 4.74 Å². The maximum Gasteiger partial charge on any atom is 0.256 e. The second kappa shape index (κ2) is 9.65. The molecule has 8 heteroatoms. The van der Waals surface area contributed by atoms with Crippen molar-refractivity contribution in [1.29, 1.82) is 0 Å². The van der Waals surface area contributed by atoms with Gasteiger partial charge in [0.15, 0.2) is 0 Å². The predicted octanol–water partition coefficient (Wildman–Crippen LogP) is 5.06. The van der Waals surface area contributed by atoms with Gasteiger partial charge in [-0.2, -0.15) is 0 Å². The van der Waals surface area contributed by atoms with E-state index in [1.165, 1.54) is 10.5 Å². The summed E-state index contributed by atoms with van der Waals surface area (Å²) in [5.41, 5.74) is 2.44. The summed E-state index contributed by atoms with van der Waals surface area (Å²) in [6, 6.07) is 11.5. The van der Waals surface area contributed by atoms with E-state index < -0.39 is 0 Å². The van der Waals surface area contributed by atoms with Gasteiger partial charge in [-0.3, -0.25) is 9.59 Å². The highest BCUT2D eigenvalue weighted by Crippen LogP contribution is 2.36. The van der Waals surface area contributed by atoms with Crippen molar-refractivity contribution in [2.45, 2.75) is 25.3 Å². The lowest BCUT2D eigenvalue weighted by atomic mass is 9.88. The number of likely N-dealkylation sites (tertiary alicyclic amines) is 1. The molecule has 0 unspecified atom stereocenters. The number of methoxy groups -OCH3 is 1. The van der Waals surface area contributed by atoms with Crippen LogP contribution in [0.25, 0.3) is 10.9 Å². The molecule has 1 saturated heterocycles. The lowest BCUT2D eigenvalue weighted by molar-refractivity contribution is -0.129. The molecule has 1 fully saturated rings. The first kappa shape index (κ1) is 23.5. The van der Waals surface area contributed by atoms with E-state index in [0.29, 0.717) is 45.5 Å². The third kappa shape index (κ3) is 4.68. The Balaban J connectivity index is 1.59. The first-order chi connectivity index (χ1) is 15.8. The Morgan fingerprint density at radius 2 is 1.76 bits per heavy atom. The van der Waals surface area contributed by atoms with Gasteiger partial charge in [-0.25, -0.2) is 0 Å². The maximum absolute atomic E-state index is 13.5. The van der Waals surface area contributed by atoms with Gasteiger partial charge in [0.1, 0.15) is 12.3 Å². The average Bonchev–Trinajstić information content (AvgIpc) is 3.15. The molecule has 2 amide bonds. The number of likely N-dealkylation sites (N-methyl/N-ethyl adjacent to an activating group) is 1. The predicted molar refractivity (Wildman–Crippen MR) is 132 cm³/mol. The Labute approximate surface area is 203 Å². The van der Waals surface area contributed by atoms with Gasteiger partial charge >= 0.3 is 0 Å². The molecule has 0 aliphatic carbocycles. The first-order valence-electron chi connectivity index (χ1n) is 10.9. The largest absolute Gasteiger partial charge is 0.496 e. The molecular weight excluding hydrogens is 461 g/mol. The molecule has 0 radical (unpaired) electrons. The zero-order chi connectivity index (χ0) is 23.7. The molecule has 0 N–H and O–H groups in total. The van der Waals surface area contributed by atoms with Crippen molar-refractivity contribution >= 4 is 45.9 Å². The van der Waals surface area contributed by atoms with Gasteiger partial charge in [-0.1, -0.05) is 41.4 Å². The van der Waals surface area contributed by atoms with E-state index in [1.807, 2.05) is 23.1 Å². The number of ether oxygens (including phenoxy) is 1. The van der Waals surface area contributed by atoms with E-state index in [9.17, 15) is 9.59 Å². The van der Waals surface area contributed by atoms with Crippen molar-refractivity contribution in [2.24, 2.45) is 0 Å². The second-order valence-corrected chi connectivity index (χ2v) is 9.37. The van der Waals surface area contributed by atoms with Gasteiger partial charge in [0.2, 0.25) is 5.91 Å². The number of para-hydroxylation sites is 1. The van der Waals surface area contributed by atoms with E-state index in [1.54, 1.807) is 44.1 Å². The molecule has 0 atom stereocenters. The quantitative estimate of drug-likeness (QED) is 0.504. The van der Waals surface area contributed by atoms with Crippen LogP contribution in [0.1, 0.15) is 34.7 Å². The molecule has 4 rings (SSSR count). The number of benzene rings is 2. The fraction of sp³-hybridized carbons (Fsp3) is 0.360. The number of fused-ring (bicyclic) bond motifs is 1. The van der Waals surface area contributed by atoms with Crippen molar-refractivity contribution < 1.29 is 14.3 Å². The fourth-order valence-electron chi connectivity index (χ4n) is 4.44. The molecule has 6 nitrogen and oxygen atoms in total. The van der Waals surface area contributed by atoms with Crippen LogP contribution in [0, 0.1) is 0 Å². The highest BCUT2D eigenvalue weighted by atomic mass is 35.5. The molecule has 0 spiro atoms. The lowest BCUT2D eigenvalue weighted by Crippen LogP contribution is -2.38. The van der Waals surface area contributed by atoms with Crippen molar-refractivity contribution in [1.82, 2.24) is 14.4 Å². The van der Waals surface area contributed by atoms with Gasteiger partial charge in [0, 0.05) is 38.8 Å². The number of hydrogen-bond donors (Lipinski definition) is 0. The van der Waals surface area contributed by atoms with E-state index >= 15 is 0 Å². The van der Waals surface area contributed by atoms with Crippen LogP contribution in [0.4, 0.5) is 0 Å². The number of carbonyl (C=O) groups excluding carboxylic acids is 2. The highest BCUT2D eigenvalue weighted by molar-refractivity contribution is 6.43. The van der Waals surface area contributed by atoms with Crippen LogP contribution in [0.2, 0.25) is 10.0 Å². The minimum Gasteiger partial charge on any atom is -0.496 e. The highest BCUT2D eigenvalue weighted by Gasteiger charge is 2.28. The molecule has 174 valence electrons. The molecule has 1 aliphatic heterocycles. The first-order valence-corrected chi connectivity index (χ1v) is 11.7. The Kier molecular flexibility index (Phi) is 6.86. The number of carbonyl (C=O) groups is 2. The van der Waals surface area contributed by atoms with Crippen molar-refractivity contribution in [3.8, 4) is 5.75 Å². The minimum absolute atomic E-state index is 0.0621. The lowest BCUT2D eigenvalue weighted by Gasteiger charge is -2.32. The zero-order valence-electron chi connectivity index (χ0n) is 19.0. The van der Waals surface area contributed by atoms with Crippen LogP contribution in [0.15, 0.2) is 42.6 Å². The Hall–Kier alpha value is -2.70. The summed E-state index contributed by atoms with van der Waals surface area (Å²) in [4.78, 5) is 29.3. The van der Waals surface area contributed by atoms with Crippen LogP contribution in [-0.4, -0.2) is 60.5 Å². The molecule has 1 aliphatic rings. The van der Waals surface area contributed by atoms with Gasteiger partial charge < -0.3 is 19.1 Å². The monoisotopic (exact) mass is 487 g/mol. The van der Waals surface area contributed by atoms with Crippen molar-refractivity contribution in [2.75, 3.05) is 34.3 Å². The van der Waals surface area contributed by atoms with Crippen molar-refractivity contribution in [3.05, 3.63) is 63.8 Å². The number of halogens is 2. The SMILES string of the molecule is COc1ccccc1C1CCN(C(=O)c2cn(CC(=O)N(C)C)c3cc(Cl)c(Cl)cc23)CC1. The third-order valence-corrected chi connectivity index (χ3v) is 7.04. The summed E-state index contributed by atoms with van der Waals surface area (Å²) in [6.07, 6.45) is 3.46. The molecule has 0 bridgehead atoms. The van der Waals surface area contributed by atoms with Crippen molar-refractivity contribution in [3.63, 3.8) is 0 Å². The maximum atomic E-state index is 13.5. The smallest absolute Gasteiger partial charge is 0.256 e. The second-order valence-electron chi connectivity index (χ2n) is 8.55. The molecule has 2 heterocycles. The van der Waals surface area contributed by atoms with Crippen LogP contribution in [0.3, 0.4) is 0 Å². The fourth-order valence-corrected chi connectivity index (χ4v) is 4.76. The van der Waals surface area contributed by atoms with E-state index in [2.05, 4.69) is 6.07 Å². The summed E-state index contributed by atoms with van der Waals surface area (Å²) >= 11 is 12.5. The summed E-state index contributed by atoms with van der Waals surface area (Å²) in [6.45, 7) is 1.41. The number of piperidine rings is 1. The number of aromatic nitrogens is 1. The number of rotatable bonds is 5. The van der Waals surface area contributed by atoms with Gasteiger partial charge in [-0.15, -0.1) is 0 Å². The normalized spacial score (nSPS) is 14.5. The van der Waals surface area contributed by atoms with E-state index in [-0.39, 0.29) is 18.4 Å². The Morgan fingerprint density at radius 1 is 1.09 bits per heavy atom. The van der Waals surface area contributed by atoms with Gasteiger partial charge in [-0.05, 0) is 42.5 Å². The third-order valence-electron chi connectivity index (χ3n) is 6.32. The summed E-state index contributed by atoms with van der Waals surface area (Å²) in [5.74, 6) is 1.10. The standard InChI is InChI=1S/C25H27Cl2N3O3/c1-28(2)24(31)15-30-14-19(18-12-20(26)21(27)13-22(18)30)25(32)29-10-8-16(9-11-29)17-6-4-5-7-23(17)33-3/h4-7,12-14,16H,8-11,15H2,1-3H3. The number of nitrogens with zero attached hydrogens (tertiary/aromatic N) is 3. The Bertz CT molecular complexity index is 1200. The van der Waals surface area contributed by atoms with Gasteiger partial charge in [0.25, 0.3) is 5.91 Å². The Morgan fingerprint density at radius 3 is 2.42 bits per heavy atom. The minimum atomic E-state index is -0.0744. The summed E-state index contributed by atoms with van der Waals surface area (Å²) < 4.78 is 7.30. The topological polar surface area (TPSA) is 54.8 Å². The summed E-state index contributed by atoms with van der Waals surface area (Å²) in [7, 11) is 5.09. The molecule has 1 aromatic heterocycles. The number of hydrogen-bond acceptors (Lipinski definition) is 3. The zero-order valence-corrected chi connectivity index (χ0v) is 20.5. The van der Waals surface area contributed by atoms with Crippen LogP contribution in [-0.2, 0) is 11.3 Å². The number of amides is 2. The van der Waals surface area contributed by atoms with E-state index in [0.717, 1.165) is 18.6 Å². The molecule has 33 heavy (non-hydrogen) atoms. The average molecular weight is 488 g/mol.